The molecule has 4 rings (SSSR count). The number of thioether (sulfide) groups is 1. The lowest BCUT2D eigenvalue weighted by Crippen LogP contribution is -2.47. The number of amides is 1. The Balaban J connectivity index is 1.39. The molecule has 0 radical (unpaired) electrons. The van der Waals surface area contributed by atoms with Crippen molar-refractivity contribution in [1.82, 2.24) is 4.90 Å². The first-order valence-electron chi connectivity index (χ1n) is 8.62. The van der Waals surface area contributed by atoms with Crippen LogP contribution in [0.3, 0.4) is 0 Å². The maximum absolute atomic E-state index is 13.1. The van der Waals surface area contributed by atoms with E-state index in [1.165, 1.54) is 23.9 Å². The summed E-state index contributed by atoms with van der Waals surface area (Å²) in [5.41, 5.74) is 1.93. The standard InChI is InChI=1S/C20H17ClFN3OS/c21-15-3-1-14(2-4-15)13-18-19(26)23-20(27-18)25-11-9-24(10-12-25)17-7-5-16(22)6-8-17/h1-8,13H,9-12H2/b18-13-. The van der Waals surface area contributed by atoms with Gasteiger partial charge < -0.3 is 9.80 Å². The Labute approximate surface area is 166 Å². The molecule has 2 aliphatic heterocycles. The van der Waals surface area contributed by atoms with Crippen LogP contribution >= 0.6 is 23.4 Å². The molecule has 1 amide bonds. The summed E-state index contributed by atoms with van der Waals surface area (Å²) in [5, 5.41) is 1.41. The summed E-state index contributed by atoms with van der Waals surface area (Å²) < 4.78 is 13.1. The number of hydrogen-bond acceptors (Lipinski definition) is 4. The molecule has 2 aliphatic rings. The van der Waals surface area contributed by atoms with Gasteiger partial charge in [0, 0.05) is 36.9 Å². The van der Waals surface area contributed by atoms with Crippen LogP contribution in [0.15, 0.2) is 58.4 Å². The number of carbonyl (C=O) groups excluding carboxylic acids is 1. The Morgan fingerprint density at radius 1 is 0.963 bits per heavy atom. The highest BCUT2D eigenvalue weighted by Crippen LogP contribution is 2.31. The molecule has 0 unspecified atom stereocenters. The summed E-state index contributed by atoms with van der Waals surface area (Å²) in [7, 11) is 0. The molecule has 2 aromatic carbocycles. The van der Waals surface area contributed by atoms with Crippen molar-refractivity contribution in [3.05, 3.63) is 69.8 Å². The van der Waals surface area contributed by atoms with E-state index in [4.69, 9.17) is 11.6 Å². The number of rotatable bonds is 2. The van der Waals surface area contributed by atoms with Crippen LogP contribution in [0.1, 0.15) is 5.56 Å². The van der Waals surface area contributed by atoms with Gasteiger partial charge in [0.2, 0.25) is 0 Å². The van der Waals surface area contributed by atoms with Crippen LogP contribution in [0, 0.1) is 5.82 Å². The van der Waals surface area contributed by atoms with Gasteiger partial charge in [-0.2, -0.15) is 4.99 Å². The fourth-order valence-electron chi connectivity index (χ4n) is 3.05. The second kappa shape index (κ2) is 7.74. The Bertz CT molecular complexity index is 904. The predicted octanol–water partition coefficient (Wildman–Crippen LogP) is 4.27. The van der Waals surface area contributed by atoms with E-state index in [1.807, 2.05) is 18.2 Å². The molecule has 2 heterocycles. The average Bonchev–Trinajstić information content (AvgIpc) is 3.05. The highest BCUT2D eigenvalue weighted by molar-refractivity contribution is 8.18. The van der Waals surface area contributed by atoms with E-state index in [9.17, 15) is 9.18 Å². The molecular formula is C20H17ClFN3OS. The molecular weight excluding hydrogens is 385 g/mol. The van der Waals surface area contributed by atoms with Crippen molar-refractivity contribution in [2.24, 2.45) is 4.99 Å². The summed E-state index contributed by atoms with van der Waals surface area (Å²) >= 11 is 7.31. The lowest BCUT2D eigenvalue weighted by Gasteiger charge is -2.36. The highest BCUT2D eigenvalue weighted by atomic mass is 35.5. The molecule has 0 aromatic heterocycles. The molecule has 27 heavy (non-hydrogen) atoms. The summed E-state index contributed by atoms with van der Waals surface area (Å²) in [4.78, 5) is 21.4. The molecule has 1 fully saturated rings. The molecule has 0 atom stereocenters. The van der Waals surface area contributed by atoms with Crippen molar-refractivity contribution in [1.29, 1.82) is 0 Å². The van der Waals surface area contributed by atoms with Gasteiger partial charge >= 0.3 is 0 Å². The van der Waals surface area contributed by atoms with Gasteiger partial charge in [0.05, 0.1) is 4.91 Å². The van der Waals surface area contributed by atoms with Crippen molar-refractivity contribution < 1.29 is 9.18 Å². The lowest BCUT2D eigenvalue weighted by atomic mass is 10.2. The van der Waals surface area contributed by atoms with E-state index in [-0.39, 0.29) is 11.7 Å². The van der Waals surface area contributed by atoms with Crippen molar-refractivity contribution in [3.8, 4) is 0 Å². The number of benzene rings is 2. The maximum atomic E-state index is 13.1. The van der Waals surface area contributed by atoms with Gasteiger partial charge in [-0.3, -0.25) is 4.79 Å². The van der Waals surface area contributed by atoms with E-state index in [2.05, 4.69) is 14.8 Å². The monoisotopic (exact) mass is 401 g/mol. The van der Waals surface area contributed by atoms with E-state index in [1.54, 1.807) is 24.3 Å². The number of halogens is 2. The minimum Gasteiger partial charge on any atom is -0.368 e. The molecule has 0 aliphatic carbocycles. The maximum Gasteiger partial charge on any atom is 0.286 e. The molecule has 0 bridgehead atoms. The fourth-order valence-corrected chi connectivity index (χ4v) is 4.14. The van der Waals surface area contributed by atoms with Crippen molar-refractivity contribution in [2.45, 2.75) is 0 Å². The Morgan fingerprint density at radius 2 is 1.59 bits per heavy atom. The van der Waals surface area contributed by atoms with Crippen LogP contribution in [0.5, 0.6) is 0 Å². The molecule has 7 heteroatoms. The number of amidine groups is 1. The molecule has 4 nitrogen and oxygen atoms in total. The number of hydrogen-bond donors (Lipinski definition) is 0. The Kier molecular flexibility index (Phi) is 5.18. The lowest BCUT2D eigenvalue weighted by molar-refractivity contribution is -0.113. The molecule has 1 saturated heterocycles. The second-order valence-electron chi connectivity index (χ2n) is 6.31. The van der Waals surface area contributed by atoms with Gasteiger partial charge in [-0.25, -0.2) is 4.39 Å². The molecule has 138 valence electrons. The number of aliphatic imine (C=N–C) groups is 1. The highest BCUT2D eigenvalue weighted by Gasteiger charge is 2.28. The number of anilines is 1. The minimum atomic E-state index is -0.229. The number of carbonyl (C=O) groups is 1. The van der Waals surface area contributed by atoms with Gasteiger partial charge in [0.1, 0.15) is 5.82 Å². The van der Waals surface area contributed by atoms with Gasteiger partial charge in [-0.05, 0) is 59.8 Å². The van der Waals surface area contributed by atoms with Gasteiger partial charge in [0.25, 0.3) is 5.91 Å². The number of piperazine rings is 1. The zero-order valence-corrected chi connectivity index (χ0v) is 16.0. The molecule has 0 saturated carbocycles. The van der Waals surface area contributed by atoms with Crippen LogP contribution in [0.2, 0.25) is 5.02 Å². The largest absolute Gasteiger partial charge is 0.368 e. The van der Waals surface area contributed by atoms with E-state index in [0.29, 0.717) is 9.93 Å². The van der Waals surface area contributed by atoms with Crippen LogP contribution in [-0.4, -0.2) is 42.2 Å². The van der Waals surface area contributed by atoms with Gasteiger partial charge in [-0.15, -0.1) is 0 Å². The smallest absolute Gasteiger partial charge is 0.286 e. The predicted molar refractivity (Wildman–Crippen MR) is 110 cm³/mol. The first kappa shape index (κ1) is 18.1. The summed E-state index contributed by atoms with van der Waals surface area (Å²) in [5.74, 6) is -0.432. The topological polar surface area (TPSA) is 35.9 Å². The van der Waals surface area contributed by atoms with Crippen LogP contribution in [0.25, 0.3) is 6.08 Å². The Hall–Kier alpha value is -2.31. The minimum absolute atomic E-state index is 0.203. The quantitative estimate of drug-likeness (QED) is 0.704. The van der Waals surface area contributed by atoms with E-state index < -0.39 is 0 Å². The normalized spacial score (nSPS) is 19.0. The third kappa shape index (κ3) is 4.17. The Morgan fingerprint density at radius 3 is 2.26 bits per heavy atom. The third-order valence-electron chi connectivity index (χ3n) is 4.52. The van der Waals surface area contributed by atoms with Crippen LogP contribution < -0.4 is 4.90 Å². The average molecular weight is 402 g/mol. The summed E-state index contributed by atoms with van der Waals surface area (Å²) in [6.07, 6.45) is 1.84. The summed E-state index contributed by atoms with van der Waals surface area (Å²) in [6.45, 7) is 3.14. The molecule has 0 spiro atoms. The van der Waals surface area contributed by atoms with E-state index >= 15 is 0 Å². The molecule has 0 N–H and O–H groups in total. The SMILES string of the molecule is O=C1N=C(N2CCN(c3ccc(F)cc3)CC2)S/C1=C\c1ccc(Cl)cc1. The van der Waals surface area contributed by atoms with E-state index in [0.717, 1.165) is 42.6 Å². The van der Waals surface area contributed by atoms with Crippen molar-refractivity contribution in [3.63, 3.8) is 0 Å². The second-order valence-corrected chi connectivity index (χ2v) is 7.76. The van der Waals surface area contributed by atoms with Gasteiger partial charge in [0.15, 0.2) is 5.17 Å². The van der Waals surface area contributed by atoms with Crippen molar-refractivity contribution in [2.75, 3.05) is 31.1 Å². The zero-order chi connectivity index (χ0) is 18.8. The van der Waals surface area contributed by atoms with Gasteiger partial charge in [-0.1, -0.05) is 23.7 Å². The first-order valence-corrected chi connectivity index (χ1v) is 9.81. The van der Waals surface area contributed by atoms with Crippen LogP contribution in [-0.2, 0) is 4.79 Å². The first-order chi connectivity index (χ1) is 13.1. The number of nitrogens with zero attached hydrogens (tertiary/aromatic N) is 3. The third-order valence-corrected chi connectivity index (χ3v) is 5.82. The summed E-state index contributed by atoms with van der Waals surface area (Å²) in [6, 6.07) is 13.9. The fraction of sp³-hybridized carbons (Fsp3) is 0.200. The van der Waals surface area contributed by atoms with Crippen molar-refractivity contribution >= 4 is 46.2 Å². The van der Waals surface area contributed by atoms with Crippen LogP contribution in [0.4, 0.5) is 10.1 Å². The molecule has 2 aromatic rings. The zero-order valence-electron chi connectivity index (χ0n) is 14.4.